The van der Waals surface area contributed by atoms with E-state index in [9.17, 15) is 0 Å². The molecule has 0 saturated heterocycles. The van der Waals surface area contributed by atoms with Crippen molar-refractivity contribution in [3.05, 3.63) is 77.0 Å². The minimum atomic E-state index is -0.0653. The van der Waals surface area contributed by atoms with Crippen molar-refractivity contribution in [1.29, 1.82) is 0 Å². The third-order valence-corrected chi connectivity index (χ3v) is 4.41. The van der Waals surface area contributed by atoms with Gasteiger partial charge < -0.3 is 0 Å². The van der Waals surface area contributed by atoms with Crippen LogP contribution in [0.2, 0.25) is 0 Å². The summed E-state index contributed by atoms with van der Waals surface area (Å²) in [4.78, 5) is 9.64. The molecule has 0 aliphatic carbocycles. The lowest BCUT2D eigenvalue weighted by molar-refractivity contribution is 0.513. The van der Waals surface area contributed by atoms with Gasteiger partial charge in [0.1, 0.15) is 0 Å². The first-order chi connectivity index (χ1) is 11.0. The van der Waals surface area contributed by atoms with Gasteiger partial charge in [0.05, 0.1) is 16.8 Å². The third kappa shape index (κ3) is 2.55. The maximum absolute atomic E-state index is 5.05. The van der Waals surface area contributed by atoms with Crippen LogP contribution >= 0.6 is 0 Å². The summed E-state index contributed by atoms with van der Waals surface area (Å²) < 4.78 is 0. The van der Waals surface area contributed by atoms with Crippen molar-refractivity contribution in [2.75, 3.05) is 0 Å². The smallest absolute Gasteiger partial charge is 0.0728 e. The molecular weight excluding hydrogens is 280 g/mol. The summed E-state index contributed by atoms with van der Waals surface area (Å²) in [5.74, 6) is 0. The fourth-order valence-electron chi connectivity index (χ4n) is 3.37. The fourth-order valence-corrected chi connectivity index (χ4v) is 3.37. The van der Waals surface area contributed by atoms with Crippen LogP contribution in [0.1, 0.15) is 36.2 Å². The topological polar surface area (TPSA) is 25.2 Å². The number of aryl methyl sites for hydroxylation is 1. The Hall–Kier alpha value is -2.48. The lowest BCUT2D eigenvalue weighted by Crippen LogP contribution is -2.29. The van der Waals surface area contributed by atoms with Crippen LogP contribution in [0.5, 0.6) is 0 Å². The molecule has 114 valence electrons. The first-order valence-corrected chi connectivity index (χ1v) is 8.08. The molecular formula is C21H20N2. The fraction of sp³-hybridized carbons (Fsp3) is 0.238. The van der Waals surface area contributed by atoms with E-state index in [1.165, 1.54) is 16.7 Å². The Kier molecular flexibility index (Phi) is 3.08. The zero-order chi connectivity index (χ0) is 16.0. The van der Waals surface area contributed by atoms with Gasteiger partial charge in [-0.3, -0.25) is 9.98 Å². The van der Waals surface area contributed by atoms with E-state index < -0.39 is 0 Å². The van der Waals surface area contributed by atoms with Crippen LogP contribution in [0.15, 0.2) is 59.6 Å². The number of benzene rings is 2. The number of hydrogen-bond acceptors (Lipinski definition) is 2. The largest absolute Gasteiger partial charge is 0.278 e. The molecule has 0 unspecified atom stereocenters. The first-order valence-electron chi connectivity index (χ1n) is 8.08. The van der Waals surface area contributed by atoms with E-state index in [1.54, 1.807) is 0 Å². The van der Waals surface area contributed by atoms with Crippen LogP contribution in [0.25, 0.3) is 10.9 Å². The summed E-state index contributed by atoms with van der Waals surface area (Å²) in [6.07, 6.45) is 0.987. The highest BCUT2D eigenvalue weighted by Gasteiger charge is 2.27. The maximum Gasteiger partial charge on any atom is 0.0728 e. The highest BCUT2D eigenvalue weighted by atomic mass is 14.9. The second-order valence-electron chi connectivity index (χ2n) is 6.97. The Bertz CT molecular complexity index is 935. The van der Waals surface area contributed by atoms with Gasteiger partial charge in [0, 0.05) is 22.2 Å². The molecule has 0 bridgehead atoms. The predicted molar refractivity (Wildman–Crippen MR) is 96.3 cm³/mol. The molecule has 2 heteroatoms. The van der Waals surface area contributed by atoms with Crippen molar-refractivity contribution in [2.24, 2.45) is 4.99 Å². The van der Waals surface area contributed by atoms with Crippen LogP contribution in [0.4, 0.5) is 0 Å². The molecule has 0 fully saturated rings. The number of fused-ring (bicyclic) bond motifs is 2. The van der Waals surface area contributed by atoms with Crippen molar-refractivity contribution in [3.63, 3.8) is 0 Å². The zero-order valence-corrected chi connectivity index (χ0v) is 13.8. The second-order valence-corrected chi connectivity index (χ2v) is 6.97. The average molecular weight is 300 g/mol. The van der Waals surface area contributed by atoms with Crippen molar-refractivity contribution < 1.29 is 0 Å². The van der Waals surface area contributed by atoms with Crippen LogP contribution in [-0.4, -0.2) is 16.2 Å². The molecule has 1 aliphatic rings. The summed E-state index contributed by atoms with van der Waals surface area (Å²) in [6, 6.07) is 19.3. The standard InChI is InChI=1S/C21H20N2/c1-14-8-9-15-12-16(10-11-19(15)22-14)20-18-7-5-4-6-17(18)13-21(2,3)23-20/h4-12H,13H2,1-3H3. The van der Waals surface area contributed by atoms with Gasteiger partial charge in [0.25, 0.3) is 0 Å². The molecule has 4 rings (SSSR count). The highest BCUT2D eigenvalue weighted by molar-refractivity contribution is 6.15. The molecule has 0 saturated carbocycles. The summed E-state index contributed by atoms with van der Waals surface area (Å²) in [7, 11) is 0. The number of aromatic nitrogens is 1. The zero-order valence-electron chi connectivity index (χ0n) is 13.8. The Labute approximate surface area is 136 Å². The van der Waals surface area contributed by atoms with E-state index in [1.807, 2.05) is 6.92 Å². The Morgan fingerprint density at radius 3 is 2.65 bits per heavy atom. The van der Waals surface area contributed by atoms with Gasteiger partial charge in [0.2, 0.25) is 0 Å². The Morgan fingerprint density at radius 2 is 1.78 bits per heavy atom. The van der Waals surface area contributed by atoms with Gasteiger partial charge in [-0.25, -0.2) is 0 Å². The molecule has 0 N–H and O–H groups in total. The van der Waals surface area contributed by atoms with Crippen molar-refractivity contribution >= 4 is 16.6 Å². The van der Waals surface area contributed by atoms with Crippen LogP contribution in [-0.2, 0) is 6.42 Å². The number of hydrogen-bond donors (Lipinski definition) is 0. The molecule has 0 amide bonds. The lowest BCUT2D eigenvalue weighted by Gasteiger charge is -2.29. The van der Waals surface area contributed by atoms with Crippen LogP contribution in [0.3, 0.4) is 0 Å². The number of nitrogens with zero attached hydrogens (tertiary/aromatic N) is 2. The number of rotatable bonds is 1. The summed E-state index contributed by atoms with van der Waals surface area (Å²) in [5, 5.41) is 1.16. The van der Waals surface area contributed by atoms with Gasteiger partial charge in [-0.1, -0.05) is 36.4 Å². The highest BCUT2D eigenvalue weighted by Crippen LogP contribution is 2.30. The quantitative estimate of drug-likeness (QED) is 0.638. The maximum atomic E-state index is 5.05. The van der Waals surface area contributed by atoms with Crippen LogP contribution < -0.4 is 0 Å². The monoisotopic (exact) mass is 300 g/mol. The van der Waals surface area contributed by atoms with E-state index in [4.69, 9.17) is 4.99 Å². The second kappa shape index (κ2) is 5.02. The lowest BCUT2D eigenvalue weighted by atomic mass is 9.85. The molecule has 0 spiro atoms. The molecule has 2 heterocycles. The van der Waals surface area contributed by atoms with Crippen molar-refractivity contribution in [3.8, 4) is 0 Å². The van der Waals surface area contributed by atoms with E-state index >= 15 is 0 Å². The molecule has 1 aromatic heterocycles. The molecule has 1 aliphatic heterocycles. The third-order valence-electron chi connectivity index (χ3n) is 4.41. The minimum absolute atomic E-state index is 0.0653. The molecule has 23 heavy (non-hydrogen) atoms. The van der Waals surface area contributed by atoms with Crippen LogP contribution in [0, 0.1) is 6.92 Å². The van der Waals surface area contributed by atoms with E-state index in [-0.39, 0.29) is 5.54 Å². The summed E-state index contributed by atoms with van der Waals surface area (Å²) in [6.45, 7) is 6.43. The Morgan fingerprint density at radius 1 is 0.957 bits per heavy atom. The predicted octanol–water partition coefficient (Wildman–Crippen LogP) is 4.72. The molecule has 2 aromatic carbocycles. The first kappa shape index (κ1) is 14.1. The van der Waals surface area contributed by atoms with Crippen molar-refractivity contribution in [2.45, 2.75) is 32.7 Å². The van der Waals surface area contributed by atoms with Gasteiger partial charge in [-0.2, -0.15) is 0 Å². The average Bonchev–Trinajstić information content (AvgIpc) is 2.52. The molecule has 3 aromatic rings. The van der Waals surface area contributed by atoms with Gasteiger partial charge in [-0.05, 0) is 51.0 Å². The van der Waals surface area contributed by atoms with Gasteiger partial charge in [-0.15, -0.1) is 0 Å². The van der Waals surface area contributed by atoms with Crippen molar-refractivity contribution in [1.82, 2.24) is 4.98 Å². The molecule has 2 nitrogen and oxygen atoms in total. The summed E-state index contributed by atoms with van der Waals surface area (Å²) in [5.41, 5.74) is 6.92. The van der Waals surface area contributed by atoms with E-state index in [2.05, 4.69) is 73.4 Å². The van der Waals surface area contributed by atoms with E-state index in [0.29, 0.717) is 0 Å². The SMILES string of the molecule is Cc1ccc2cc(C3=NC(C)(C)Cc4ccccc43)ccc2n1. The van der Waals surface area contributed by atoms with E-state index in [0.717, 1.165) is 28.7 Å². The Balaban J connectivity index is 1.91. The summed E-state index contributed by atoms with van der Waals surface area (Å²) >= 11 is 0. The minimum Gasteiger partial charge on any atom is -0.278 e. The number of aliphatic imine (C=N–C) groups is 1. The number of pyridine rings is 1. The van der Waals surface area contributed by atoms with Gasteiger partial charge in [0.15, 0.2) is 0 Å². The normalized spacial score (nSPS) is 16.0. The van der Waals surface area contributed by atoms with Gasteiger partial charge >= 0.3 is 0 Å². The molecule has 0 radical (unpaired) electrons. The molecule has 0 atom stereocenters.